The van der Waals surface area contributed by atoms with Crippen LogP contribution in [0.3, 0.4) is 0 Å². The van der Waals surface area contributed by atoms with Gasteiger partial charge in [-0.05, 0) is 31.2 Å². The van der Waals surface area contributed by atoms with Crippen LogP contribution in [0.15, 0.2) is 53.8 Å². The smallest absolute Gasteiger partial charge is 0.158 e. The van der Waals surface area contributed by atoms with Crippen molar-refractivity contribution in [2.24, 2.45) is 4.99 Å². The first-order valence-electron chi connectivity index (χ1n) is 5.25. The quantitative estimate of drug-likeness (QED) is 0.470. The highest BCUT2D eigenvalue weighted by atomic mass is 16.5. The Bertz CT molecular complexity index is 506. The first-order valence-corrected chi connectivity index (χ1v) is 5.25. The van der Waals surface area contributed by atoms with Gasteiger partial charge in [-0.25, -0.2) is 4.99 Å². The molecule has 0 aliphatic heterocycles. The third kappa shape index (κ3) is 2.89. The Kier molecular flexibility index (Phi) is 3.47. The monoisotopic (exact) mass is 227 g/mol. The highest BCUT2D eigenvalue weighted by Gasteiger charge is 2.01. The van der Waals surface area contributed by atoms with Crippen LogP contribution in [0, 0.1) is 6.92 Å². The Hall–Kier alpha value is -2.20. The van der Waals surface area contributed by atoms with Crippen molar-refractivity contribution in [1.82, 2.24) is 10.5 Å². The summed E-state index contributed by atoms with van der Waals surface area (Å²) in [6.45, 7) is 2.01. The number of amidine groups is 1. The highest BCUT2D eigenvalue weighted by Crippen LogP contribution is 2.13. The summed E-state index contributed by atoms with van der Waals surface area (Å²) in [4.78, 5) is 8.28. The highest BCUT2D eigenvalue weighted by molar-refractivity contribution is 5.99. The first kappa shape index (κ1) is 11.3. The lowest BCUT2D eigenvalue weighted by Gasteiger charge is -2.04. The number of aliphatic imine (C=N–C) groups is 1. The van der Waals surface area contributed by atoms with E-state index in [-0.39, 0.29) is 0 Å². The molecular formula is C13H13N3O. The van der Waals surface area contributed by atoms with Crippen LogP contribution in [0.5, 0.6) is 0 Å². The average molecular weight is 227 g/mol. The molecule has 0 amide bonds. The number of aromatic nitrogens is 1. The summed E-state index contributed by atoms with van der Waals surface area (Å²) in [5, 5.41) is 9.09. The number of nitrogens with one attached hydrogen (secondary N) is 1. The SMILES string of the molecule is Cc1ccc(N=C(NO)c2cccnc2)cc1. The summed E-state index contributed by atoms with van der Waals surface area (Å²) in [7, 11) is 0. The second-order valence-electron chi connectivity index (χ2n) is 3.65. The molecule has 0 aliphatic carbocycles. The van der Waals surface area contributed by atoms with Crippen LogP contribution in [0.25, 0.3) is 0 Å². The van der Waals surface area contributed by atoms with Crippen LogP contribution in [-0.4, -0.2) is 16.0 Å². The zero-order valence-corrected chi connectivity index (χ0v) is 9.46. The van der Waals surface area contributed by atoms with Crippen molar-refractivity contribution in [1.29, 1.82) is 0 Å². The maximum atomic E-state index is 9.09. The van der Waals surface area contributed by atoms with E-state index in [1.807, 2.05) is 37.3 Å². The minimum Gasteiger partial charge on any atom is -0.290 e. The fourth-order valence-electron chi connectivity index (χ4n) is 1.41. The number of pyridine rings is 1. The van der Waals surface area contributed by atoms with Gasteiger partial charge in [0, 0.05) is 18.0 Å². The Labute approximate surface area is 99.6 Å². The molecule has 2 N–H and O–H groups in total. The third-order valence-electron chi connectivity index (χ3n) is 2.32. The van der Waals surface area contributed by atoms with E-state index in [0.717, 1.165) is 11.3 Å². The Balaban J connectivity index is 2.33. The van der Waals surface area contributed by atoms with Gasteiger partial charge >= 0.3 is 0 Å². The number of hydroxylamine groups is 1. The van der Waals surface area contributed by atoms with Crippen molar-refractivity contribution in [3.63, 3.8) is 0 Å². The van der Waals surface area contributed by atoms with Gasteiger partial charge in [-0.1, -0.05) is 17.7 Å². The molecule has 4 heteroatoms. The van der Waals surface area contributed by atoms with E-state index in [4.69, 9.17) is 5.21 Å². The van der Waals surface area contributed by atoms with Gasteiger partial charge in [0.25, 0.3) is 0 Å². The number of aryl methyl sites for hydroxylation is 1. The molecular weight excluding hydrogens is 214 g/mol. The zero-order valence-electron chi connectivity index (χ0n) is 9.46. The molecule has 2 aromatic rings. The largest absolute Gasteiger partial charge is 0.290 e. The van der Waals surface area contributed by atoms with E-state index in [1.165, 1.54) is 5.56 Å². The van der Waals surface area contributed by atoms with E-state index < -0.39 is 0 Å². The van der Waals surface area contributed by atoms with E-state index in [0.29, 0.717) is 5.84 Å². The summed E-state index contributed by atoms with van der Waals surface area (Å²) in [6, 6.07) is 11.3. The molecule has 0 unspecified atom stereocenters. The predicted molar refractivity (Wildman–Crippen MR) is 66.5 cm³/mol. The molecule has 1 aromatic heterocycles. The van der Waals surface area contributed by atoms with Crippen LogP contribution >= 0.6 is 0 Å². The van der Waals surface area contributed by atoms with Gasteiger partial charge in [0.2, 0.25) is 0 Å². The molecule has 0 saturated heterocycles. The summed E-state index contributed by atoms with van der Waals surface area (Å²) < 4.78 is 0. The molecule has 17 heavy (non-hydrogen) atoms. The van der Waals surface area contributed by atoms with Crippen LogP contribution in [0.4, 0.5) is 5.69 Å². The number of hydrogen-bond donors (Lipinski definition) is 2. The van der Waals surface area contributed by atoms with Gasteiger partial charge in [-0.3, -0.25) is 15.7 Å². The normalized spacial score (nSPS) is 11.3. The molecule has 0 saturated carbocycles. The minimum atomic E-state index is 0.377. The summed E-state index contributed by atoms with van der Waals surface area (Å²) >= 11 is 0. The summed E-state index contributed by atoms with van der Waals surface area (Å²) in [6.07, 6.45) is 3.31. The molecule has 0 bridgehead atoms. The van der Waals surface area contributed by atoms with E-state index in [9.17, 15) is 0 Å². The average Bonchev–Trinajstić information content (AvgIpc) is 2.39. The molecule has 86 valence electrons. The maximum absolute atomic E-state index is 9.09. The molecule has 0 fully saturated rings. The molecule has 2 rings (SSSR count). The van der Waals surface area contributed by atoms with Crippen LogP contribution in [0.2, 0.25) is 0 Å². The number of nitrogens with zero attached hydrogens (tertiary/aromatic N) is 2. The van der Waals surface area contributed by atoms with E-state index >= 15 is 0 Å². The fraction of sp³-hybridized carbons (Fsp3) is 0.0769. The van der Waals surface area contributed by atoms with Gasteiger partial charge in [0.15, 0.2) is 5.84 Å². The lowest BCUT2D eigenvalue weighted by atomic mass is 10.2. The number of benzene rings is 1. The maximum Gasteiger partial charge on any atom is 0.158 e. The predicted octanol–water partition coefficient (Wildman–Crippen LogP) is 2.45. The zero-order chi connectivity index (χ0) is 12.1. The minimum absolute atomic E-state index is 0.377. The van der Waals surface area contributed by atoms with Gasteiger partial charge in [-0.2, -0.15) is 0 Å². The van der Waals surface area contributed by atoms with Crippen molar-refractivity contribution in [3.8, 4) is 0 Å². The molecule has 1 heterocycles. The molecule has 0 aliphatic rings. The van der Waals surface area contributed by atoms with Crippen LogP contribution in [-0.2, 0) is 0 Å². The van der Waals surface area contributed by atoms with Crippen molar-refractivity contribution in [2.45, 2.75) is 6.92 Å². The lowest BCUT2D eigenvalue weighted by Crippen LogP contribution is -2.20. The van der Waals surface area contributed by atoms with Gasteiger partial charge in [0.1, 0.15) is 0 Å². The van der Waals surface area contributed by atoms with Crippen LogP contribution < -0.4 is 5.48 Å². The van der Waals surface area contributed by atoms with Gasteiger partial charge < -0.3 is 0 Å². The van der Waals surface area contributed by atoms with Crippen molar-refractivity contribution in [3.05, 3.63) is 59.9 Å². The van der Waals surface area contributed by atoms with Crippen LogP contribution in [0.1, 0.15) is 11.1 Å². The summed E-state index contributed by atoms with van der Waals surface area (Å²) in [5.41, 5.74) is 4.77. The molecule has 4 nitrogen and oxygen atoms in total. The standard InChI is InChI=1S/C13H13N3O/c1-10-4-6-12(7-5-10)15-13(16-17)11-3-2-8-14-9-11/h2-9,17H,1H3,(H,15,16). The topological polar surface area (TPSA) is 57.5 Å². The second kappa shape index (κ2) is 5.23. The lowest BCUT2D eigenvalue weighted by molar-refractivity contribution is 0.235. The second-order valence-corrected chi connectivity index (χ2v) is 3.65. The van der Waals surface area contributed by atoms with E-state index in [1.54, 1.807) is 18.5 Å². The van der Waals surface area contributed by atoms with Crippen molar-refractivity contribution >= 4 is 11.5 Å². The third-order valence-corrected chi connectivity index (χ3v) is 2.32. The Morgan fingerprint density at radius 1 is 1.24 bits per heavy atom. The fourth-order valence-corrected chi connectivity index (χ4v) is 1.41. The number of rotatable bonds is 2. The van der Waals surface area contributed by atoms with Crippen molar-refractivity contribution in [2.75, 3.05) is 0 Å². The molecule has 0 radical (unpaired) electrons. The van der Waals surface area contributed by atoms with Gasteiger partial charge in [-0.15, -0.1) is 0 Å². The Morgan fingerprint density at radius 3 is 2.59 bits per heavy atom. The van der Waals surface area contributed by atoms with Gasteiger partial charge in [0.05, 0.1) is 5.69 Å². The molecule has 0 atom stereocenters. The van der Waals surface area contributed by atoms with E-state index in [2.05, 4.69) is 15.5 Å². The molecule has 1 aromatic carbocycles. The summed E-state index contributed by atoms with van der Waals surface area (Å²) in [5.74, 6) is 0.377. The number of hydrogen-bond acceptors (Lipinski definition) is 3. The molecule has 0 spiro atoms. The van der Waals surface area contributed by atoms with Crippen molar-refractivity contribution < 1.29 is 5.21 Å². The first-order chi connectivity index (χ1) is 8.29. The Morgan fingerprint density at radius 2 is 2.00 bits per heavy atom.